The Bertz CT molecular complexity index is 562. The number of aliphatic hydroxyl groups excluding tert-OH is 1. The summed E-state index contributed by atoms with van der Waals surface area (Å²) in [5.41, 5.74) is 6.07. The molecule has 1 aliphatic heterocycles. The van der Waals surface area contributed by atoms with Gasteiger partial charge in [-0.1, -0.05) is 6.42 Å². The summed E-state index contributed by atoms with van der Waals surface area (Å²) >= 11 is 3.25. The molecule has 2 rings (SSSR count). The van der Waals surface area contributed by atoms with E-state index in [1.165, 1.54) is 10.4 Å². The topological polar surface area (TPSA) is 83.6 Å². The van der Waals surface area contributed by atoms with Gasteiger partial charge in [0.2, 0.25) is 10.0 Å². The maximum atomic E-state index is 12.7. The summed E-state index contributed by atoms with van der Waals surface area (Å²) in [4.78, 5) is 0.160. The van der Waals surface area contributed by atoms with Gasteiger partial charge >= 0.3 is 0 Å². The average Bonchev–Trinajstić information content (AvgIpc) is 2.41. The molecule has 0 aromatic heterocycles. The fourth-order valence-electron chi connectivity index (χ4n) is 2.32. The predicted molar refractivity (Wildman–Crippen MR) is 77.2 cm³/mol. The molecule has 0 saturated carbocycles. The summed E-state index contributed by atoms with van der Waals surface area (Å²) in [6.07, 6.45) is 2.45. The van der Waals surface area contributed by atoms with E-state index in [1.54, 1.807) is 12.1 Å². The normalized spacial score (nSPS) is 21.5. The molecule has 106 valence electrons. The highest BCUT2D eigenvalue weighted by Crippen LogP contribution is 2.30. The van der Waals surface area contributed by atoms with E-state index in [1.807, 2.05) is 0 Å². The van der Waals surface area contributed by atoms with Crippen LogP contribution in [0, 0.1) is 0 Å². The first-order valence-electron chi connectivity index (χ1n) is 6.14. The summed E-state index contributed by atoms with van der Waals surface area (Å²) in [6.45, 7) is 0.286. The maximum absolute atomic E-state index is 12.7. The van der Waals surface area contributed by atoms with Crippen LogP contribution in [0.15, 0.2) is 27.6 Å². The molecule has 5 nitrogen and oxygen atoms in total. The van der Waals surface area contributed by atoms with Crippen molar-refractivity contribution < 1.29 is 13.5 Å². The third kappa shape index (κ3) is 2.94. The molecule has 1 atom stereocenters. The second kappa shape index (κ2) is 5.78. The highest BCUT2D eigenvalue weighted by Gasteiger charge is 2.34. The van der Waals surface area contributed by atoms with Crippen LogP contribution < -0.4 is 5.73 Å². The van der Waals surface area contributed by atoms with Gasteiger partial charge in [-0.25, -0.2) is 8.42 Å². The Balaban J connectivity index is 2.43. The van der Waals surface area contributed by atoms with Crippen molar-refractivity contribution in [2.24, 2.45) is 0 Å². The van der Waals surface area contributed by atoms with Crippen LogP contribution in [0.5, 0.6) is 0 Å². The first-order chi connectivity index (χ1) is 8.96. The van der Waals surface area contributed by atoms with E-state index in [2.05, 4.69) is 15.9 Å². The van der Waals surface area contributed by atoms with Gasteiger partial charge in [0.15, 0.2) is 0 Å². The summed E-state index contributed by atoms with van der Waals surface area (Å²) in [5.74, 6) is 0. The number of halogens is 1. The molecule has 0 amide bonds. The summed E-state index contributed by atoms with van der Waals surface area (Å²) in [7, 11) is -3.63. The Morgan fingerprint density at radius 2 is 2.16 bits per heavy atom. The van der Waals surface area contributed by atoms with E-state index in [4.69, 9.17) is 5.73 Å². The van der Waals surface area contributed by atoms with Crippen molar-refractivity contribution in [3.63, 3.8) is 0 Å². The van der Waals surface area contributed by atoms with E-state index >= 15 is 0 Å². The second-order valence-electron chi connectivity index (χ2n) is 4.64. The van der Waals surface area contributed by atoms with Gasteiger partial charge in [0.1, 0.15) is 0 Å². The Kier molecular flexibility index (Phi) is 4.50. The number of hydrogen-bond acceptors (Lipinski definition) is 4. The van der Waals surface area contributed by atoms with Gasteiger partial charge in [0.05, 0.1) is 11.5 Å². The molecule has 1 aliphatic rings. The number of aliphatic hydroxyl groups is 1. The lowest BCUT2D eigenvalue weighted by Gasteiger charge is -2.33. The fraction of sp³-hybridized carbons (Fsp3) is 0.500. The van der Waals surface area contributed by atoms with Crippen molar-refractivity contribution in [2.75, 3.05) is 18.9 Å². The molecule has 1 aromatic rings. The van der Waals surface area contributed by atoms with Crippen molar-refractivity contribution in [1.29, 1.82) is 0 Å². The molecule has 3 N–H and O–H groups in total. The first kappa shape index (κ1) is 14.8. The number of nitrogen functional groups attached to an aromatic ring is 1. The number of sulfonamides is 1. The lowest BCUT2D eigenvalue weighted by Crippen LogP contribution is -2.45. The molecule has 7 heteroatoms. The van der Waals surface area contributed by atoms with Crippen molar-refractivity contribution in [3.8, 4) is 0 Å². The van der Waals surface area contributed by atoms with Gasteiger partial charge in [0, 0.05) is 22.7 Å². The number of benzene rings is 1. The SMILES string of the molecule is Nc1ccc(Br)c(S(=O)(=O)N2CCCCC2CO)c1. The number of nitrogens with zero attached hydrogens (tertiary/aromatic N) is 1. The van der Waals surface area contributed by atoms with Gasteiger partial charge in [-0.2, -0.15) is 4.31 Å². The first-order valence-corrected chi connectivity index (χ1v) is 8.38. The number of hydrogen-bond donors (Lipinski definition) is 2. The molecular weight excluding hydrogens is 332 g/mol. The molecule has 0 radical (unpaired) electrons. The van der Waals surface area contributed by atoms with Gasteiger partial charge in [-0.05, 0) is 47.0 Å². The molecule has 1 aromatic carbocycles. The van der Waals surface area contributed by atoms with Crippen LogP contribution in [0.2, 0.25) is 0 Å². The zero-order valence-corrected chi connectivity index (χ0v) is 12.8. The Labute approximate surface area is 121 Å². The molecule has 1 heterocycles. The Morgan fingerprint density at radius 3 is 2.84 bits per heavy atom. The standard InChI is InChI=1S/C12H17BrN2O3S/c13-11-5-4-9(14)7-12(11)19(17,18)15-6-2-1-3-10(15)8-16/h4-5,7,10,16H,1-3,6,8,14H2. The van der Waals surface area contributed by atoms with Crippen LogP contribution in [0.3, 0.4) is 0 Å². The van der Waals surface area contributed by atoms with Crippen LogP contribution in [0.25, 0.3) is 0 Å². The smallest absolute Gasteiger partial charge is 0.244 e. The van der Waals surface area contributed by atoms with E-state index in [9.17, 15) is 13.5 Å². The van der Waals surface area contributed by atoms with E-state index in [0.29, 0.717) is 23.1 Å². The molecule has 0 aliphatic carbocycles. The van der Waals surface area contributed by atoms with Gasteiger partial charge in [-0.3, -0.25) is 0 Å². The summed E-state index contributed by atoms with van der Waals surface area (Å²) < 4.78 is 27.2. The lowest BCUT2D eigenvalue weighted by atomic mass is 10.1. The van der Waals surface area contributed by atoms with Crippen molar-refractivity contribution in [3.05, 3.63) is 22.7 Å². The van der Waals surface area contributed by atoms with Crippen LogP contribution in [0.4, 0.5) is 5.69 Å². The van der Waals surface area contributed by atoms with E-state index in [-0.39, 0.29) is 17.5 Å². The average molecular weight is 349 g/mol. The van der Waals surface area contributed by atoms with Gasteiger partial charge in [0.25, 0.3) is 0 Å². The van der Waals surface area contributed by atoms with Crippen LogP contribution in [-0.2, 0) is 10.0 Å². The van der Waals surface area contributed by atoms with Crippen LogP contribution >= 0.6 is 15.9 Å². The third-order valence-electron chi connectivity index (χ3n) is 3.33. The molecule has 1 unspecified atom stereocenters. The van der Waals surface area contributed by atoms with E-state index < -0.39 is 10.0 Å². The number of nitrogens with two attached hydrogens (primary N) is 1. The summed E-state index contributed by atoms with van der Waals surface area (Å²) in [6, 6.07) is 4.37. The zero-order chi connectivity index (χ0) is 14.0. The lowest BCUT2D eigenvalue weighted by molar-refractivity contribution is 0.155. The van der Waals surface area contributed by atoms with Crippen molar-refractivity contribution in [2.45, 2.75) is 30.2 Å². The largest absolute Gasteiger partial charge is 0.399 e. The van der Waals surface area contributed by atoms with Crippen LogP contribution in [-0.4, -0.2) is 37.0 Å². The van der Waals surface area contributed by atoms with Gasteiger partial charge < -0.3 is 10.8 Å². The minimum atomic E-state index is -3.63. The predicted octanol–water partition coefficient (Wildman–Crippen LogP) is 1.57. The third-order valence-corrected chi connectivity index (χ3v) is 6.27. The van der Waals surface area contributed by atoms with Crippen molar-refractivity contribution in [1.82, 2.24) is 4.31 Å². The number of piperidine rings is 1. The molecule has 0 bridgehead atoms. The van der Waals surface area contributed by atoms with E-state index in [0.717, 1.165) is 12.8 Å². The minimum Gasteiger partial charge on any atom is -0.399 e. The molecule has 19 heavy (non-hydrogen) atoms. The molecule has 1 saturated heterocycles. The monoisotopic (exact) mass is 348 g/mol. The highest BCUT2D eigenvalue weighted by molar-refractivity contribution is 9.10. The maximum Gasteiger partial charge on any atom is 0.244 e. The second-order valence-corrected chi connectivity index (χ2v) is 7.35. The molecule has 0 spiro atoms. The quantitative estimate of drug-likeness (QED) is 0.812. The van der Waals surface area contributed by atoms with Crippen molar-refractivity contribution >= 4 is 31.6 Å². The summed E-state index contributed by atoms with van der Waals surface area (Å²) in [5, 5.41) is 9.35. The Hall–Kier alpha value is -0.630. The number of anilines is 1. The molecular formula is C12H17BrN2O3S. The fourth-order valence-corrected chi connectivity index (χ4v) is 4.96. The Morgan fingerprint density at radius 1 is 1.42 bits per heavy atom. The van der Waals surface area contributed by atoms with Gasteiger partial charge in [-0.15, -0.1) is 0 Å². The van der Waals surface area contributed by atoms with Crippen LogP contribution in [0.1, 0.15) is 19.3 Å². The molecule has 1 fully saturated rings. The zero-order valence-electron chi connectivity index (χ0n) is 10.4. The minimum absolute atomic E-state index is 0.154. The highest BCUT2D eigenvalue weighted by atomic mass is 79.9. The number of rotatable bonds is 3.